The summed E-state index contributed by atoms with van der Waals surface area (Å²) >= 11 is 0. The molecular weight excluding hydrogens is 1160 g/mol. The van der Waals surface area contributed by atoms with Gasteiger partial charge in [0.2, 0.25) is 0 Å². The largest absolute Gasteiger partial charge is 0.756 e. The Morgan fingerprint density at radius 3 is 0.573 bits per heavy atom. The van der Waals surface area contributed by atoms with Gasteiger partial charge in [0.25, 0.3) is 7.82 Å². The van der Waals surface area contributed by atoms with E-state index in [0.29, 0.717) is 0 Å². The van der Waals surface area contributed by atoms with E-state index >= 15 is 0 Å². The van der Waals surface area contributed by atoms with E-state index < -0.39 is 269 Å². The molecule has 0 saturated carbocycles. The average molecular weight is 1230 g/mol. The summed E-state index contributed by atoms with van der Waals surface area (Å²) in [6, 6.07) is 0. The molecule has 0 radical (unpaired) electrons. The van der Waals surface area contributed by atoms with Crippen molar-refractivity contribution in [2.24, 2.45) is 0 Å². The Hall–Kier alpha value is -1.29. The van der Waals surface area contributed by atoms with Crippen LogP contribution in [-0.4, -0.2) is 368 Å². The molecule has 0 aliphatic carbocycles. The van der Waals surface area contributed by atoms with Gasteiger partial charge < -0.3 is 189 Å². The zero-order valence-electron chi connectivity index (χ0n) is 42.9. The molecule has 21 fully saturated rings. The standard InChI is InChI=1S/C42H71O38P.H3N/c43-1-8-29-16(50)23(57)37(68-8)76-31-10(3-45)70-39(25(59)18(31)52)78-33-12(5-47)72-41(27(61)20(33)54)80-35-14(7-66-81(63,64)65)73-42(28(62)21(35)55)79-34-13(6-48)71-40(26(60)19(34)53)77-32-11(4-46)69-38(24(58)17(32)51)75-30-9(2-44)67-36(74-29)22(56)15(30)49;/h8-62H,1-7H2,(H2,63,64,65);1H3/t8-,9+,10-,11+,12-,13+,14-,15+,16+,17-,18+,19+,20+,21+,22+,23+,24-,25+,26-,27+,28+,29+,30+,31+,32+,33+,34+,35+,36+,37+,38+,39+,40+,41+,42+;/m0./s1. The lowest BCUT2D eigenvalue weighted by Crippen LogP contribution is -2.68. The van der Waals surface area contributed by atoms with Gasteiger partial charge in [0.05, 0.1) is 46.2 Å². The van der Waals surface area contributed by atoms with Crippen molar-refractivity contribution >= 4 is 7.82 Å². The zero-order chi connectivity index (χ0) is 59.3. The van der Waals surface area contributed by atoms with Crippen LogP contribution in [0.3, 0.4) is 0 Å². The van der Waals surface area contributed by atoms with Gasteiger partial charge in [0.15, 0.2) is 44.0 Å². The zero-order valence-corrected chi connectivity index (χ0v) is 43.8. The molecule has 21 heterocycles. The van der Waals surface area contributed by atoms with Gasteiger partial charge in [-0.1, -0.05) is 0 Å². The summed E-state index contributed by atoms with van der Waals surface area (Å²) in [7, 11) is -5.68. The summed E-state index contributed by atoms with van der Waals surface area (Å²) in [4.78, 5) is 21.2. The lowest BCUT2D eigenvalue weighted by Gasteiger charge is -2.50. The topological polar surface area (TPSA) is 640 Å². The number of rotatable bonds is 9. The van der Waals surface area contributed by atoms with Gasteiger partial charge in [-0.25, -0.2) is 0 Å². The van der Waals surface area contributed by atoms with Crippen molar-refractivity contribution in [1.82, 2.24) is 6.15 Å². The second kappa shape index (κ2) is 28.5. The Bertz CT molecular complexity index is 2010. The number of hydrogen-bond acceptors (Lipinski definition) is 37. The second-order valence-corrected chi connectivity index (χ2v) is 21.4. The monoisotopic (exact) mass is 1230 g/mol. The van der Waals surface area contributed by atoms with Crippen molar-refractivity contribution in [3.8, 4) is 0 Å². The number of hydrogen-bond donors (Lipinski definition) is 22. The Morgan fingerprint density at radius 2 is 0.427 bits per heavy atom. The van der Waals surface area contributed by atoms with Crippen LogP contribution in [0.25, 0.3) is 0 Å². The van der Waals surface area contributed by atoms with Crippen LogP contribution in [0.5, 0.6) is 0 Å². The predicted octanol–water partition coefficient (Wildman–Crippen LogP) is -15.4. The quantitative estimate of drug-likeness (QED) is 0.0953. The van der Waals surface area contributed by atoms with Crippen LogP contribution < -0.4 is 11.0 Å². The molecule has 480 valence electrons. The van der Waals surface area contributed by atoms with Crippen molar-refractivity contribution in [2.75, 3.05) is 46.2 Å². The molecule has 21 saturated heterocycles. The Labute approximate surface area is 462 Å². The third-order valence-electron chi connectivity index (χ3n) is 15.0. The highest BCUT2D eigenvalue weighted by molar-refractivity contribution is 7.44. The van der Waals surface area contributed by atoms with Crippen molar-refractivity contribution in [1.29, 1.82) is 0 Å². The Morgan fingerprint density at radius 1 is 0.280 bits per heavy atom. The number of quaternary nitrogens is 1. The van der Waals surface area contributed by atoms with E-state index in [2.05, 4.69) is 4.52 Å². The number of ether oxygens (including phenoxy) is 14. The maximum absolute atomic E-state index is 11.8. The van der Waals surface area contributed by atoms with E-state index in [4.69, 9.17) is 66.3 Å². The third kappa shape index (κ3) is 13.9. The van der Waals surface area contributed by atoms with Gasteiger partial charge in [-0.2, -0.15) is 0 Å². The molecule has 0 spiro atoms. The van der Waals surface area contributed by atoms with Gasteiger partial charge in [-0.15, -0.1) is 0 Å². The molecule has 39 nitrogen and oxygen atoms in total. The first kappa shape index (κ1) is 68.2. The van der Waals surface area contributed by atoms with Gasteiger partial charge in [-0.05, 0) is 0 Å². The van der Waals surface area contributed by atoms with Crippen LogP contribution in [0.4, 0.5) is 0 Å². The molecule has 82 heavy (non-hydrogen) atoms. The molecule has 36 atom stereocenters. The molecule has 14 bridgehead atoms. The van der Waals surface area contributed by atoms with E-state index in [-0.39, 0.29) is 6.15 Å². The third-order valence-corrected chi connectivity index (χ3v) is 15.5. The summed E-state index contributed by atoms with van der Waals surface area (Å²) in [5, 5.41) is 221. The summed E-state index contributed by atoms with van der Waals surface area (Å²) in [5.41, 5.74) is 0. The Kier molecular flexibility index (Phi) is 23.7. The molecule has 40 heteroatoms. The maximum Gasteiger partial charge on any atom is 0.265 e. The minimum Gasteiger partial charge on any atom is -0.756 e. The number of phosphoric ester groups is 1. The highest BCUT2D eigenvalue weighted by atomic mass is 31.2. The van der Waals surface area contributed by atoms with Crippen molar-refractivity contribution in [3.63, 3.8) is 0 Å². The van der Waals surface area contributed by atoms with Gasteiger partial charge in [0.1, 0.15) is 171 Å². The van der Waals surface area contributed by atoms with Crippen molar-refractivity contribution in [3.05, 3.63) is 0 Å². The lowest BCUT2D eigenvalue weighted by molar-refractivity contribution is -0.396. The first-order chi connectivity index (χ1) is 38.3. The molecule has 25 N–H and O–H groups in total. The highest BCUT2D eigenvalue weighted by Crippen LogP contribution is 2.40. The molecule has 21 aliphatic rings. The predicted molar refractivity (Wildman–Crippen MR) is 243 cm³/mol. The normalized spacial score (nSPS) is 53.4. The van der Waals surface area contributed by atoms with Crippen LogP contribution in [0.2, 0.25) is 0 Å². The molecule has 21 aliphatic heterocycles. The summed E-state index contributed by atoms with van der Waals surface area (Å²) < 4.78 is 95.5. The maximum atomic E-state index is 11.8. The molecule has 0 aromatic carbocycles. The van der Waals surface area contributed by atoms with E-state index in [1.165, 1.54) is 0 Å². The fourth-order valence-corrected chi connectivity index (χ4v) is 10.9. The SMILES string of the molecule is O=P([O-])(O)OC[C@@H]1O[C@@H]2O[C@H]3[C@H](O)[C@H](O)[C@@H](O[C@H]4[C@@H](O)[C@H](O)[C@@H](O[C@H]5[C@H](O)[C@@H](O)[C@@H](O[C@H]6[C@H](O)[C@@H](O)[C@@H](O[C@H]7[C@H](O)[C@@H](O)[C@@H](O[C@H]8[C@H](O)[C@@H](O)[C@@H](O[C@H]1[C@H](O)[C@H]2O)O[C@H]8CO)O[C@H]7CO)O[C@H]6CO)O[C@@H]5CO)O[C@@H]4CO)O[C@@H]3CO.[NH4+]. The number of aliphatic hydroxyl groups is 20. The van der Waals surface area contributed by atoms with E-state index in [9.17, 15) is 116 Å². The first-order valence-corrected chi connectivity index (χ1v) is 26.8. The van der Waals surface area contributed by atoms with Crippen molar-refractivity contribution in [2.45, 2.75) is 215 Å². The minimum absolute atomic E-state index is 0. The van der Waals surface area contributed by atoms with E-state index in [0.717, 1.165) is 0 Å². The Balaban J connectivity index is 0.00000968. The van der Waals surface area contributed by atoms with E-state index in [1.807, 2.05) is 0 Å². The van der Waals surface area contributed by atoms with Crippen molar-refractivity contribution < 1.29 is 187 Å². The summed E-state index contributed by atoms with van der Waals surface area (Å²) in [5.74, 6) is 0. The average Bonchev–Trinajstić information content (AvgIpc) is 3.57. The molecule has 0 aromatic heterocycles. The second-order valence-electron chi connectivity index (χ2n) is 20.2. The van der Waals surface area contributed by atoms with Gasteiger partial charge in [-0.3, -0.25) is 4.57 Å². The van der Waals surface area contributed by atoms with Gasteiger partial charge >= 0.3 is 0 Å². The van der Waals surface area contributed by atoms with Crippen LogP contribution in [0, 0.1) is 0 Å². The molecule has 1 unspecified atom stereocenters. The lowest BCUT2D eigenvalue weighted by atomic mass is 9.95. The smallest absolute Gasteiger partial charge is 0.265 e. The van der Waals surface area contributed by atoms with Gasteiger partial charge in [0, 0.05) is 0 Å². The summed E-state index contributed by atoms with van der Waals surface area (Å²) in [6.07, 6.45) is -73.5. The molecule has 21 rings (SSSR count). The van der Waals surface area contributed by atoms with Crippen LogP contribution in [0.15, 0.2) is 0 Å². The molecule has 0 amide bonds. The summed E-state index contributed by atoms with van der Waals surface area (Å²) in [6.45, 7) is -7.92. The molecular formula is C42H74NO38P. The first-order valence-electron chi connectivity index (χ1n) is 25.3. The minimum atomic E-state index is -5.68. The number of phosphoric acid groups is 1. The van der Waals surface area contributed by atoms with Crippen LogP contribution >= 0.6 is 7.82 Å². The molecule has 0 aromatic rings. The highest BCUT2D eigenvalue weighted by Gasteiger charge is 2.59. The number of aliphatic hydroxyl groups excluding tert-OH is 20. The van der Waals surface area contributed by atoms with Crippen LogP contribution in [-0.2, 0) is 75.4 Å². The van der Waals surface area contributed by atoms with Crippen LogP contribution in [0.1, 0.15) is 0 Å². The fraction of sp³-hybridized carbons (Fsp3) is 1.00. The van der Waals surface area contributed by atoms with E-state index in [1.54, 1.807) is 0 Å². The fourth-order valence-electron chi connectivity index (χ4n) is 10.6.